The molecule has 0 aliphatic rings. The molecule has 8 heteroatoms. The van der Waals surface area contributed by atoms with Crippen LogP contribution in [0.1, 0.15) is 28.4 Å². The first kappa shape index (κ1) is 16.3. The van der Waals surface area contributed by atoms with Crippen molar-refractivity contribution >= 4 is 21.9 Å². The highest BCUT2D eigenvalue weighted by Gasteiger charge is 2.32. The van der Waals surface area contributed by atoms with Crippen LogP contribution in [-0.2, 0) is 10.1 Å². The van der Waals surface area contributed by atoms with Crippen LogP contribution in [0.2, 0.25) is 0 Å². The van der Waals surface area contributed by atoms with Gasteiger partial charge in [0, 0.05) is 5.33 Å². The maximum atomic E-state index is 12.2. The molecule has 0 aromatic heterocycles. The molecule has 1 rings (SSSR count). The Labute approximate surface area is 121 Å². The number of alkyl halides is 4. The van der Waals surface area contributed by atoms with Crippen molar-refractivity contribution in [3.8, 4) is 11.8 Å². The number of carbonyl (C=O) groups is 1. The van der Waals surface area contributed by atoms with Crippen LogP contribution in [0.15, 0.2) is 12.1 Å². The molecule has 0 radical (unpaired) electrons. The molecule has 1 aromatic rings. The van der Waals surface area contributed by atoms with E-state index < -0.39 is 18.1 Å². The average molecular weight is 352 g/mol. The zero-order chi connectivity index (χ0) is 15.3. The van der Waals surface area contributed by atoms with Crippen LogP contribution in [0.4, 0.5) is 13.2 Å². The average Bonchev–Trinajstić information content (AvgIpc) is 2.35. The van der Waals surface area contributed by atoms with E-state index in [1.807, 2.05) is 0 Å². The molecular weight excluding hydrogens is 343 g/mol. The van der Waals surface area contributed by atoms with Gasteiger partial charge in [-0.3, -0.25) is 0 Å². The second kappa shape index (κ2) is 6.61. The lowest BCUT2D eigenvalue weighted by atomic mass is 10.0. The number of rotatable bonds is 4. The Morgan fingerprint density at radius 3 is 2.55 bits per heavy atom. The van der Waals surface area contributed by atoms with Gasteiger partial charge in [-0.2, -0.15) is 5.26 Å². The highest BCUT2D eigenvalue weighted by atomic mass is 79.9. The van der Waals surface area contributed by atoms with Crippen molar-refractivity contribution in [3.63, 3.8) is 0 Å². The van der Waals surface area contributed by atoms with Crippen molar-refractivity contribution in [2.45, 2.75) is 18.6 Å². The minimum Gasteiger partial charge on any atom is -0.462 e. The summed E-state index contributed by atoms with van der Waals surface area (Å²) in [5, 5.41) is 9.04. The lowest BCUT2D eigenvalue weighted by molar-refractivity contribution is -0.274. The molecule has 0 aliphatic carbocycles. The van der Waals surface area contributed by atoms with E-state index in [1.54, 1.807) is 13.0 Å². The first-order chi connectivity index (χ1) is 9.32. The maximum absolute atomic E-state index is 12.2. The molecule has 0 saturated carbocycles. The standard InChI is InChI=1S/C12H9BrF3NO3/c1-2-19-11(18)10-7(5-13)3-9(4-8(10)6-17)20-12(14,15)16/h3-4H,2,5H2,1H3. The van der Waals surface area contributed by atoms with Crippen LogP contribution in [-0.4, -0.2) is 18.9 Å². The van der Waals surface area contributed by atoms with Crippen LogP contribution in [0, 0.1) is 11.3 Å². The number of hydrogen-bond acceptors (Lipinski definition) is 4. The third-order valence-corrected chi connectivity index (χ3v) is 2.78. The Hall–Kier alpha value is -1.75. The topological polar surface area (TPSA) is 59.3 Å². The van der Waals surface area contributed by atoms with E-state index in [2.05, 4.69) is 20.7 Å². The summed E-state index contributed by atoms with van der Waals surface area (Å²) in [6.45, 7) is 1.67. The Kier molecular flexibility index (Phi) is 5.39. The molecule has 0 atom stereocenters. The van der Waals surface area contributed by atoms with E-state index in [1.165, 1.54) is 0 Å². The number of carbonyl (C=O) groups excluding carboxylic acids is 1. The summed E-state index contributed by atoms with van der Waals surface area (Å²) < 4.78 is 45.1. The normalized spacial score (nSPS) is 10.8. The smallest absolute Gasteiger partial charge is 0.462 e. The molecule has 0 amide bonds. The minimum absolute atomic E-state index is 0.0688. The molecule has 0 heterocycles. The lowest BCUT2D eigenvalue weighted by Gasteiger charge is -2.13. The number of ether oxygens (including phenoxy) is 2. The fourth-order valence-corrected chi connectivity index (χ4v) is 1.95. The van der Waals surface area contributed by atoms with Crippen molar-refractivity contribution in [2.75, 3.05) is 6.61 Å². The third-order valence-electron chi connectivity index (χ3n) is 2.17. The molecule has 20 heavy (non-hydrogen) atoms. The zero-order valence-corrected chi connectivity index (χ0v) is 11.8. The van der Waals surface area contributed by atoms with Crippen LogP contribution >= 0.6 is 15.9 Å². The molecule has 0 spiro atoms. The van der Waals surface area contributed by atoms with Gasteiger partial charge in [-0.05, 0) is 24.6 Å². The van der Waals surface area contributed by atoms with Gasteiger partial charge in [0.15, 0.2) is 0 Å². The van der Waals surface area contributed by atoms with Crippen LogP contribution in [0.25, 0.3) is 0 Å². The maximum Gasteiger partial charge on any atom is 0.573 e. The van der Waals surface area contributed by atoms with Crippen molar-refractivity contribution in [1.29, 1.82) is 5.26 Å². The van der Waals surface area contributed by atoms with Gasteiger partial charge in [-0.1, -0.05) is 15.9 Å². The SMILES string of the molecule is CCOC(=O)c1c(C#N)cc(OC(F)(F)F)cc1CBr. The van der Waals surface area contributed by atoms with Gasteiger partial charge in [0.1, 0.15) is 11.8 Å². The van der Waals surface area contributed by atoms with Gasteiger partial charge in [0.25, 0.3) is 0 Å². The zero-order valence-electron chi connectivity index (χ0n) is 10.3. The number of nitrogens with zero attached hydrogens (tertiary/aromatic N) is 1. The quantitative estimate of drug-likeness (QED) is 0.615. The number of esters is 1. The van der Waals surface area contributed by atoms with E-state index in [0.717, 1.165) is 12.1 Å². The summed E-state index contributed by atoms with van der Waals surface area (Å²) in [7, 11) is 0. The Morgan fingerprint density at radius 2 is 2.10 bits per heavy atom. The third kappa shape index (κ3) is 4.13. The first-order valence-electron chi connectivity index (χ1n) is 5.38. The predicted octanol–water partition coefficient (Wildman–Crippen LogP) is 3.53. The highest BCUT2D eigenvalue weighted by Crippen LogP contribution is 2.29. The predicted molar refractivity (Wildman–Crippen MR) is 66.4 cm³/mol. The van der Waals surface area contributed by atoms with Crippen LogP contribution in [0.5, 0.6) is 5.75 Å². The summed E-state index contributed by atoms with van der Waals surface area (Å²) >= 11 is 3.05. The van der Waals surface area contributed by atoms with E-state index in [4.69, 9.17) is 10.00 Å². The summed E-state index contributed by atoms with van der Waals surface area (Å²) in [6, 6.07) is 3.56. The fourth-order valence-electron chi connectivity index (χ4n) is 1.50. The van der Waals surface area contributed by atoms with Crippen LogP contribution in [0.3, 0.4) is 0 Å². The molecule has 0 unspecified atom stereocenters. The van der Waals surface area contributed by atoms with Crippen molar-refractivity contribution in [1.82, 2.24) is 0 Å². The van der Waals surface area contributed by atoms with Gasteiger partial charge < -0.3 is 9.47 Å². The van der Waals surface area contributed by atoms with E-state index in [0.29, 0.717) is 0 Å². The Bertz CT molecular complexity index is 552. The molecule has 1 aromatic carbocycles. The first-order valence-corrected chi connectivity index (χ1v) is 6.50. The van der Waals surface area contributed by atoms with Gasteiger partial charge in [0.2, 0.25) is 0 Å². The van der Waals surface area contributed by atoms with Crippen molar-refractivity contribution < 1.29 is 27.4 Å². The van der Waals surface area contributed by atoms with E-state index in [-0.39, 0.29) is 28.6 Å². The number of hydrogen-bond donors (Lipinski definition) is 0. The summed E-state index contributed by atoms with van der Waals surface area (Å²) in [5.41, 5.74) is -0.123. The lowest BCUT2D eigenvalue weighted by Crippen LogP contribution is -2.18. The minimum atomic E-state index is -4.87. The number of benzene rings is 1. The van der Waals surface area contributed by atoms with Gasteiger partial charge >= 0.3 is 12.3 Å². The largest absolute Gasteiger partial charge is 0.573 e. The Morgan fingerprint density at radius 1 is 1.45 bits per heavy atom. The molecule has 0 N–H and O–H groups in total. The molecular formula is C12H9BrF3NO3. The summed E-state index contributed by atoms with van der Waals surface area (Å²) in [6.07, 6.45) is -4.87. The molecule has 108 valence electrons. The second-order valence-corrected chi connectivity index (χ2v) is 4.08. The van der Waals surface area contributed by atoms with E-state index in [9.17, 15) is 18.0 Å². The Balaban J connectivity index is 3.33. The summed E-state index contributed by atoms with van der Waals surface area (Å²) in [5.74, 6) is -1.33. The van der Waals surface area contributed by atoms with Crippen molar-refractivity contribution in [2.24, 2.45) is 0 Å². The van der Waals surface area contributed by atoms with Gasteiger partial charge in [-0.15, -0.1) is 13.2 Å². The monoisotopic (exact) mass is 351 g/mol. The molecule has 4 nitrogen and oxygen atoms in total. The highest BCUT2D eigenvalue weighted by molar-refractivity contribution is 9.08. The molecule has 0 saturated heterocycles. The van der Waals surface area contributed by atoms with Crippen molar-refractivity contribution in [3.05, 3.63) is 28.8 Å². The second-order valence-electron chi connectivity index (χ2n) is 3.52. The molecule has 0 bridgehead atoms. The van der Waals surface area contributed by atoms with Crippen LogP contribution < -0.4 is 4.74 Å². The number of halogens is 4. The fraction of sp³-hybridized carbons (Fsp3) is 0.333. The van der Waals surface area contributed by atoms with E-state index >= 15 is 0 Å². The molecule has 0 fully saturated rings. The van der Waals surface area contributed by atoms with Gasteiger partial charge in [0.05, 0.1) is 17.7 Å². The summed E-state index contributed by atoms with van der Waals surface area (Å²) in [4.78, 5) is 11.7. The number of nitriles is 1. The van der Waals surface area contributed by atoms with Gasteiger partial charge in [-0.25, -0.2) is 4.79 Å². The molecule has 0 aliphatic heterocycles.